The standard InChI is InChI=1S/C17H19Cl2NO/c1-2-21-14-8-6-12(7-9-14)10-13(11-20)15-4-3-5-16(18)17(15)19/h3-9,13H,2,10-11,20H2,1H3. The van der Waals surface area contributed by atoms with Crippen LogP contribution in [0.1, 0.15) is 24.0 Å². The third-order valence-corrected chi connectivity index (χ3v) is 4.26. The van der Waals surface area contributed by atoms with Crippen LogP contribution >= 0.6 is 23.2 Å². The van der Waals surface area contributed by atoms with E-state index in [0.717, 1.165) is 17.7 Å². The molecule has 0 bridgehead atoms. The molecule has 0 aliphatic carbocycles. The predicted octanol–water partition coefficient (Wildman–Crippen LogP) is 4.68. The van der Waals surface area contributed by atoms with Crippen LogP contribution in [-0.4, -0.2) is 13.2 Å². The molecule has 0 saturated heterocycles. The average Bonchev–Trinajstić information content (AvgIpc) is 2.50. The van der Waals surface area contributed by atoms with Crippen LogP contribution in [0.3, 0.4) is 0 Å². The zero-order chi connectivity index (χ0) is 15.2. The van der Waals surface area contributed by atoms with Crippen LogP contribution in [-0.2, 0) is 6.42 Å². The van der Waals surface area contributed by atoms with E-state index >= 15 is 0 Å². The van der Waals surface area contributed by atoms with Crippen LogP contribution in [0, 0.1) is 0 Å². The van der Waals surface area contributed by atoms with Crippen molar-refractivity contribution in [1.29, 1.82) is 0 Å². The number of ether oxygens (including phenoxy) is 1. The fraction of sp³-hybridized carbons (Fsp3) is 0.294. The Hall–Kier alpha value is -1.22. The first-order valence-electron chi connectivity index (χ1n) is 7.01. The number of benzene rings is 2. The highest BCUT2D eigenvalue weighted by Gasteiger charge is 2.15. The first kappa shape index (κ1) is 16.2. The van der Waals surface area contributed by atoms with Crippen LogP contribution in [0.5, 0.6) is 5.75 Å². The quantitative estimate of drug-likeness (QED) is 0.837. The number of hydrogen-bond donors (Lipinski definition) is 1. The van der Waals surface area contributed by atoms with Gasteiger partial charge in [0.25, 0.3) is 0 Å². The van der Waals surface area contributed by atoms with Crippen LogP contribution < -0.4 is 10.5 Å². The van der Waals surface area contributed by atoms with Crippen molar-refractivity contribution in [1.82, 2.24) is 0 Å². The first-order valence-corrected chi connectivity index (χ1v) is 7.77. The topological polar surface area (TPSA) is 35.2 Å². The molecular weight excluding hydrogens is 305 g/mol. The molecule has 1 unspecified atom stereocenters. The van der Waals surface area contributed by atoms with Crippen molar-refractivity contribution in [3.63, 3.8) is 0 Å². The molecule has 0 heterocycles. The molecule has 2 N–H and O–H groups in total. The Bertz CT molecular complexity index is 584. The zero-order valence-electron chi connectivity index (χ0n) is 12.0. The summed E-state index contributed by atoms with van der Waals surface area (Å²) in [4.78, 5) is 0. The highest BCUT2D eigenvalue weighted by molar-refractivity contribution is 6.42. The van der Waals surface area contributed by atoms with E-state index in [-0.39, 0.29) is 5.92 Å². The van der Waals surface area contributed by atoms with Gasteiger partial charge in [-0.2, -0.15) is 0 Å². The van der Waals surface area contributed by atoms with Gasteiger partial charge in [-0.1, -0.05) is 47.5 Å². The number of hydrogen-bond acceptors (Lipinski definition) is 2. The molecule has 0 aromatic heterocycles. The summed E-state index contributed by atoms with van der Waals surface area (Å²) in [6.45, 7) is 3.16. The third-order valence-electron chi connectivity index (χ3n) is 3.42. The van der Waals surface area contributed by atoms with Gasteiger partial charge in [-0.25, -0.2) is 0 Å². The Kier molecular flexibility index (Phi) is 5.92. The largest absolute Gasteiger partial charge is 0.494 e. The molecular formula is C17H19Cl2NO. The molecule has 0 radical (unpaired) electrons. The molecule has 112 valence electrons. The maximum absolute atomic E-state index is 6.29. The van der Waals surface area contributed by atoms with Gasteiger partial charge in [0.1, 0.15) is 5.75 Å². The van der Waals surface area contributed by atoms with Crippen LogP contribution in [0.25, 0.3) is 0 Å². The van der Waals surface area contributed by atoms with Crippen LogP contribution in [0.15, 0.2) is 42.5 Å². The molecule has 4 heteroatoms. The molecule has 0 aliphatic heterocycles. The lowest BCUT2D eigenvalue weighted by atomic mass is 9.92. The molecule has 2 aromatic carbocycles. The maximum atomic E-state index is 6.29. The second kappa shape index (κ2) is 7.69. The predicted molar refractivity (Wildman–Crippen MR) is 89.6 cm³/mol. The third kappa shape index (κ3) is 4.13. The minimum absolute atomic E-state index is 0.147. The summed E-state index contributed by atoms with van der Waals surface area (Å²) in [7, 11) is 0. The van der Waals surface area contributed by atoms with Crippen LogP contribution in [0.2, 0.25) is 10.0 Å². The molecule has 1 atom stereocenters. The Morgan fingerprint density at radius 3 is 2.43 bits per heavy atom. The molecule has 0 saturated carbocycles. The van der Waals surface area contributed by atoms with Gasteiger partial charge < -0.3 is 10.5 Å². The van der Waals surface area contributed by atoms with Crippen molar-refractivity contribution >= 4 is 23.2 Å². The van der Waals surface area contributed by atoms with Gasteiger partial charge in [-0.05, 0) is 49.2 Å². The Labute approximate surface area is 135 Å². The highest BCUT2D eigenvalue weighted by Crippen LogP contribution is 2.32. The average molecular weight is 324 g/mol. The summed E-state index contributed by atoms with van der Waals surface area (Å²) in [5, 5.41) is 1.17. The van der Waals surface area contributed by atoms with Gasteiger partial charge >= 0.3 is 0 Å². The Morgan fingerprint density at radius 2 is 1.81 bits per heavy atom. The molecule has 21 heavy (non-hydrogen) atoms. The fourth-order valence-electron chi connectivity index (χ4n) is 2.33. The molecule has 2 aromatic rings. The van der Waals surface area contributed by atoms with Crippen LogP contribution in [0.4, 0.5) is 0 Å². The van der Waals surface area contributed by atoms with Gasteiger partial charge in [0.2, 0.25) is 0 Å². The smallest absolute Gasteiger partial charge is 0.119 e. The van der Waals surface area contributed by atoms with E-state index in [1.807, 2.05) is 31.2 Å². The lowest BCUT2D eigenvalue weighted by molar-refractivity contribution is 0.340. The van der Waals surface area contributed by atoms with E-state index in [0.29, 0.717) is 23.2 Å². The molecule has 0 spiro atoms. The van der Waals surface area contributed by atoms with Crippen molar-refractivity contribution in [2.24, 2.45) is 5.73 Å². The minimum Gasteiger partial charge on any atom is -0.494 e. The first-order chi connectivity index (χ1) is 10.2. The van der Waals surface area contributed by atoms with Crippen molar-refractivity contribution in [2.75, 3.05) is 13.2 Å². The minimum atomic E-state index is 0.147. The zero-order valence-corrected chi connectivity index (χ0v) is 13.5. The van der Waals surface area contributed by atoms with E-state index in [1.165, 1.54) is 5.56 Å². The van der Waals surface area contributed by atoms with Crippen molar-refractivity contribution in [3.05, 3.63) is 63.6 Å². The van der Waals surface area contributed by atoms with E-state index in [1.54, 1.807) is 6.07 Å². The number of halogens is 2. The van der Waals surface area contributed by atoms with E-state index in [9.17, 15) is 0 Å². The number of nitrogens with two attached hydrogens (primary N) is 1. The van der Waals surface area contributed by atoms with Gasteiger partial charge in [0.15, 0.2) is 0 Å². The number of rotatable bonds is 6. The lowest BCUT2D eigenvalue weighted by Gasteiger charge is -2.17. The molecule has 0 fully saturated rings. The monoisotopic (exact) mass is 323 g/mol. The summed E-state index contributed by atoms with van der Waals surface area (Å²) in [5.74, 6) is 1.03. The lowest BCUT2D eigenvalue weighted by Crippen LogP contribution is -2.15. The Balaban J connectivity index is 2.17. The molecule has 0 amide bonds. The van der Waals surface area contributed by atoms with Crippen molar-refractivity contribution in [3.8, 4) is 5.75 Å². The second-order valence-electron chi connectivity index (χ2n) is 4.86. The van der Waals surface area contributed by atoms with Gasteiger partial charge in [-0.15, -0.1) is 0 Å². The van der Waals surface area contributed by atoms with E-state index in [4.69, 9.17) is 33.7 Å². The SMILES string of the molecule is CCOc1ccc(CC(CN)c2cccc(Cl)c2Cl)cc1. The summed E-state index contributed by atoms with van der Waals surface area (Å²) < 4.78 is 5.45. The summed E-state index contributed by atoms with van der Waals surface area (Å²) in [6, 6.07) is 13.8. The summed E-state index contributed by atoms with van der Waals surface area (Å²) in [6.07, 6.45) is 0.822. The summed E-state index contributed by atoms with van der Waals surface area (Å²) in [5.41, 5.74) is 8.12. The van der Waals surface area contributed by atoms with Gasteiger partial charge in [0.05, 0.1) is 16.7 Å². The van der Waals surface area contributed by atoms with Crippen molar-refractivity contribution in [2.45, 2.75) is 19.3 Å². The van der Waals surface area contributed by atoms with E-state index in [2.05, 4.69) is 12.1 Å². The van der Waals surface area contributed by atoms with Gasteiger partial charge in [-0.3, -0.25) is 0 Å². The molecule has 2 rings (SSSR count). The summed E-state index contributed by atoms with van der Waals surface area (Å²) >= 11 is 12.4. The molecule has 2 nitrogen and oxygen atoms in total. The second-order valence-corrected chi connectivity index (χ2v) is 5.64. The van der Waals surface area contributed by atoms with Gasteiger partial charge in [0, 0.05) is 5.92 Å². The Morgan fingerprint density at radius 1 is 1.10 bits per heavy atom. The van der Waals surface area contributed by atoms with Crippen molar-refractivity contribution < 1.29 is 4.74 Å². The molecule has 0 aliphatic rings. The highest BCUT2D eigenvalue weighted by atomic mass is 35.5. The maximum Gasteiger partial charge on any atom is 0.119 e. The fourth-order valence-corrected chi connectivity index (χ4v) is 2.79. The normalized spacial score (nSPS) is 12.2. The van der Waals surface area contributed by atoms with E-state index < -0.39 is 0 Å².